The Morgan fingerprint density at radius 2 is 2.05 bits per heavy atom. The van der Waals surface area contributed by atoms with Gasteiger partial charge in [0.05, 0.1) is 10.3 Å². The maximum atomic E-state index is 12.3. The third-order valence-corrected chi connectivity index (χ3v) is 4.86. The van der Waals surface area contributed by atoms with E-state index in [1.165, 1.54) is 18.2 Å². The number of likely N-dealkylation sites (tertiary alicyclic amines) is 1. The van der Waals surface area contributed by atoms with Gasteiger partial charge in [-0.2, -0.15) is 0 Å². The molecule has 104 valence electrons. The molecule has 1 saturated heterocycles. The summed E-state index contributed by atoms with van der Waals surface area (Å²) in [5, 5.41) is 0.523. The van der Waals surface area contributed by atoms with E-state index in [1.54, 1.807) is 12.1 Å². The molecule has 1 aromatic carbocycles. The van der Waals surface area contributed by atoms with Gasteiger partial charge in [0.25, 0.3) is 0 Å². The summed E-state index contributed by atoms with van der Waals surface area (Å²) in [4.78, 5) is 15.2. The van der Waals surface area contributed by atoms with Crippen LogP contribution in [0.4, 0.5) is 5.69 Å². The molecule has 1 amide bonds. The van der Waals surface area contributed by atoms with E-state index in [0.29, 0.717) is 10.7 Å². The van der Waals surface area contributed by atoms with Crippen molar-refractivity contribution in [2.75, 3.05) is 18.8 Å². The Morgan fingerprint density at radius 3 is 2.74 bits per heavy atom. The van der Waals surface area contributed by atoms with Crippen LogP contribution in [0.2, 0.25) is 5.02 Å². The second-order valence-corrected chi connectivity index (χ2v) is 6.63. The minimum absolute atomic E-state index is 0.127. The Morgan fingerprint density at radius 1 is 1.37 bits per heavy atom. The number of nitrogens with zero attached hydrogens (tertiary/aromatic N) is 1. The van der Waals surface area contributed by atoms with Gasteiger partial charge in [-0.3, -0.25) is 4.79 Å². The molecule has 0 radical (unpaired) electrons. The van der Waals surface area contributed by atoms with Gasteiger partial charge in [-0.05, 0) is 44.4 Å². The molecule has 1 aliphatic rings. The number of piperidine rings is 1. The minimum Gasteiger partial charge on any atom is -0.399 e. The van der Waals surface area contributed by atoms with Gasteiger partial charge >= 0.3 is 0 Å². The first-order valence-electron chi connectivity index (χ1n) is 6.58. The van der Waals surface area contributed by atoms with Crippen molar-refractivity contribution >= 4 is 35.0 Å². The first-order chi connectivity index (χ1) is 9.08. The number of carbonyl (C=O) groups is 1. The monoisotopic (exact) mass is 298 g/mol. The van der Waals surface area contributed by atoms with Crippen LogP contribution in [0.5, 0.6) is 0 Å². The molecular formula is C14H19ClN2OS. The van der Waals surface area contributed by atoms with Crippen molar-refractivity contribution in [3.8, 4) is 0 Å². The molecule has 0 aromatic heterocycles. The molecule has 3 nitrogen and oxygen atoms in total. The molecule has 2 N–H and O–H groups in total. The third-order valence-electron chi connectivity index (χ3n) is 3.27. The Labute approximate surface area is 123 Å². The normalized spacial score (nSPS) is 17.3. The molecule has 1 fully saturated rings. The number of nitrogen functional groups attached to an aromatic ring is 1. The third kappa shape index (κ3) is 3.80. The molecule has 19 heavy (non-hydrogen) atoms. The lowest BCUT2D eigenvalue weighted by Gasteiger charge is -2.29. The summed E-state index contributed by atoms with van der Waals surface area (Å²) < 4.78 is 0. The fourth-order valence-electron chi connectivity index (χ4n) is 2.22. The number of benzene rings is 1. The zero-order valence-electron chi connectivity index (χ0n) is 11.1. The maximum absolute atomic E-state index is 12.3. The highest BCUT2D eigenvalue weighted by Gasteiger charge is 2.23. The highest BCUT2D eigenvalue weighted by molar-refractivity contribution is 8.00. The van der Waals surface area contributed by atoms with Crippen LogP contribution in [-0.4, -0.2) is 29.1 Å². The minimum atomic E-state index is -0.127. The van der Waals surface area contributed by atoms with E-state index in [2.05, 4.69) is 0 Å². The van der Waals surface area contributed by atoms with E-state index in [1.807, 2.05) is 17.9 Å². The van der Waals surface area contributed by atoms with Crippen molar-refractivity contribution in [2.24, 2.45) is 0 Å². The standard InChI is InChI=1S/C14H19ClN2OS/c1-10(14(18)17-7-3-2-4-8-17)19-13-9-11(16)5-6-12(13)15/h5-6,9-10H,2-4,7-8,16H2,1H3. The van der Waals surface area contributed by atoms with Crippen LogP contribution in [-0.2, 0) is 4.79 Å². The van der Waals surface area contributed by atoms with E-state index in [4.69, 9.17) is 17.3 Å². The average Bonchev–Trinajstić information content (AvgIpc) is 2.43. The van der Waals surface area contributed by atoms with Crippen molar-refractivity contribution in [2.45, 2.75) is 36.3 Å². The van der Waals surface area contributed by atoms with Gasteiger partial charge in [0.2, 0.25) is 5.91 Å². The lowest BCUT2D eigenvalue weighted by molar-refractivity contribution is -0.131. The number of carbonyl (C=O) groups excluding carboxylic acids is 1. The van der Waals surface area contributed by atoms with Crippen molar-refractivity contribution in [3.63, 3.8) is 0 Å². The molecule has 1 aromatic rings. The Hall–Kier alpha value is -0.870. The molecular weight excluding hydrogens is 280 g/mol. The lowest BCUT2D eigenvalue weighted by Crippen LogP contribution is -2.40. The zero-order valence-corrected chi connectivity index (χ0v) is 12.6. The number of rotatable bonds is 3. The highest BCUT2D eigenvalue weighted by Crippen LogP contribution is 2.32. The van der Waals surface area contributed by atoms with E-state index in [0.717, 1.165) is 30.8 Å². The van der Waals surface area contributed by atoms with Crippen LogP contribution in [0.1, 0.15) is 26.2 Å². The zero-order chi connectivity index (χ0) is 13.8. The van der Waals surface area contributed by atoms with Gasteiger partial charge in [-0.1, -0.05) is 11.6 Å². The van der Waals surface area contributed by atoms with E-state index >= 15 is 0 Å². The second-order valence-electron chi connectivity index (χ2n) is 4.84. The first kappa shape index (κ1) is 14.5. The van der Waals surface area contributed by atoms with E-state index < -0.39 is 0 Å². The van der Waals surface area contributed by atoms with Crippen LogP contribution < -0.4 is 5.73 Å². The molecule has 0 saturated carbocycles. The summed E-state index contributed by atoms with van der Waals surface area (Å²) >= 11 is 7.61. The Bertz CT molecular complexity index is 461. The fourth-order valence-corrected chi connectivity index (χ4v) is 3.49. The quantitative estimate of drug-likeness (QED) is 0.687. The van der Waals surface area contributed by atoms with Gasteiger partial charge < -0.3 is 10.6 Å². The van der Waals surface area contributed by atoms with E-state index in [-0.39, 0.29) is 11.2 Å². The number of halogens is 1. The number of thioether (sulfide) groups is 1. The SMILES string of the molecule is CC(Sc1cc(N)ccc1Cl)C(=O)N1CCCCC1. The molecule has 2 rings (SSSR count). The highest BCUT2D eigenvalue weighted by atomic mass is 35.5. The van der Waals surface area contributed by atoms with Crippen LogP contribution in [0.25, 0.3) is 0 Å². The summed E-state index contributed by atoms with van der Waals surface area (Å²) in [5.74, 6) is 0.197. The Balaban J connectivity index is 2.01. The van der Waals surface area contributed by atoms with Gasteiger partial charge in [0.1, 0.15) is 0 Å². The smallest absolute Gasteiger partial charge is 0.235 e. The summed E-state index contributed by atoms with van der Waals surface area (Å²) in [6.07, 6.45) is 3.46. The summed E-state index contributed by atoms with van der Waals surface area (Å²) in [7, 11) is 0. The molecule has 1 unspecified atom stereocenters. The topological polar surface area (TPSA) is 46.3 Å². The predicted molar refractivity (Wildman–Crippen MR) is 81.6 cm³/mol. The van der Waals surface area contributed by atoms with Crippen molar-refractivity contribution in [1.29, 1.82) is 0 Å². The second kappa shape index (κ2) is 6.53. The van der Waals surface area contributed by atoms with Crippen molar-refractivity contribution < 1.29 is 4.79 Å². The van der Waals surface area contributed by atoms with E-state index in [9.17, 15) is 4.79 Å². The largest absolute Gasteiger partial charge is 0.399 e. The van der Waals surface area contributed by atoms with Gasteiger partial charge in [0, 0.05) is 23.7 Å². The summed E-state index contributed by atoms with van der Waals surface area (Å²) in [5.41, 5.74) is 6.43. The summed E-state index contributed by atoms with van der Waals surface area (Å²) in [6, 6.07) is 5.37. The van der Waals surface area contributed by atoms with Crippen molar-refractivity contribution in [3.05, 3.63) is 23.2 Å². The molecule has 0 bridgehead atoms. The summed E-state index contributed by atoms with van der Waals surface area (Å²) in [6.45, 7) is 3.70. The molecule has 0 spiro atoms. The number of amides is 1. The fraction of sp³-hybridized carbons (Fsp3) is 0.500. The van der Waals surface area contributed by atoms with Crippen molar-refractivity contribution in [1.82, 2.24) is 4.90 Å². The van der Waals surface area contributed by atoms with Crippen LogP contribution in [0, 0.1) is 0 Å². The van der Waals surface area contributed by atoms with Gasteiger partial charge in [-0.25, -0.2) is 0 Å². The predicted octanol–water partition coefficient (Wildman–Crippen LogP) is 3.42. The Kier molecular flexibility index (Phi) is 4.99. The van der Waals surface area contributed by atoms with Crippen LogP contribution >= 0.6 is 23.4 Å². The van der Waals surface area contributed by atoms with Gasteiger partial charge in [-0.15, -0.1) is 11.8 Å². The molecule has 1 atom stereocenters. The first-order valence-corrected chi connectivity index (χ1v) is 7.84. The molecule has 1 aliphatic heterocycles. The number of anilines is 1. The van der Waals surface area contributed by atoms with Crippen LogP contribution in [0.15, 0.2) is 23.1 Å². The number of hydrogen-bond donors (Lipinski definition) is 1. The molecule has 0 aliphatic carbocycles. The van der Waals surface area contributed by atoms with Crippen LogP contribution in [0.3, 0.4) is 0 Å². The van der Waals surface area contributed by atoms with Gasteiger partial charge in [0.15, 0.2) is 0 Å². The maximum Gasteiger partial charge on any atom is 0.235 e. The average molecular weight is 299 g/mol. The lowest BCUT2D eigenvalue weighted by atomic mass is 10.1. The molecule has 5 heteroatoms. The molecule has 1 heterocycles. The number of nitrogens with two attached hydrogens (primary N) is 1. The number of hydrogen-bond acceptors (Lipinski definition) is 3.